The van der Waals surface area contributed by atoms with Crippen molar-refractivity contribution < 1.29 is 9.53 Å². The van der Waals surface area contributed by atoms with Gasteiger partial charge in [0.1, 0.15) is 5.75 Å². The number of para-hydroxylation sites is 1. The number of benzene rings is 1. The van der Waals surface area contributed by atoms with Crippen molar-refractivity contribution >= 4 is 5.91 Å². The summed E-state index contributed by atoms with van der Waals surface area (Å²) >= 11 is 0. The molecule has 122 valence electrons. The summed E-state index contributed by atoms with van der Waals surface area (Å²) in [6, 6.07) is 7.98. The molecule has 4 heteroatoms. The van der Waals surface area contributed by atoms with E-state index < -0.39 is 0 Å². The van der Waals surface area contributed by atoms with Crippen LogP contribution in [0.25, 0.3) is 0 Å². The second kappa shape index (κ2) is 7.14. The smallest absolute Gasteiger partial charge is 0.260 e. The van der Waals surface area contributed by atoms with Crippen molar-refractivity contribution in [3.8, 4) is 5.75 Å². The van der Waals surface area contributed by atoms with Crippen molar-refractivity contribution in [2.75, 3.05) is 33.3 Å². The molecule has 0 saturated carbocycles. The highest BCUT2D eigenvalue weighted by atomic mass is 16.5. The minimum atomic E-state index is 0.00513. The van der Waals surface area contributed by atoms with E-state index in [9.17, 15) is 4.79 Å². The van der Waals surface area contributed by atoms with Crippen LogP contribution in [0.3, 0.4) is 0 Å². The summed E-state index contributed by atoms with van der Waals surface area (Å²) in [5, 5.41) is 3.18. The Kier molecular flexibility index (Phi) is 5.46. The maximum Gasteiger partial charge on any atom is 0.260 e. The lowest BCUT2D eigenvalue weighted by atomic mass is 9.86. The number of ether oxygens (including phenoxy) is 1. The molecule has 0 spiro atoms. The van der Waals surface area contributed by atoms with E-state index in [4.69, 9.17) is 4.74 Å². The van der Waals surface area contributed by atoms with E-state index in [0.29, 0.717) is 5.92 Å². The SMILES string of the molecule is CNCC1CCN(C(=O)COc2ccccc2C(C)(C)C)C1. The van der Waals surface area contributed by atoms with Gasteiger partial charge in [-0.2, -0.15) is 0 Å². The summed E-state index contributed by atoms with van der Waals surface area (Å²) in [6.07, 6.45) is 1.07. The summed E-state index contributed by atoms with van der Waals surface area (Å²) in [5.41, 5.74) is 1.14. The highest BCUT2D eigenvalue weighted by Gasteiger charge is 2.26. The van der Waals surface area contributed by atoms with Crippen molar-refractivity contribution in [3.05, 3.63) is 29.8 Å². The Morgan fingerprint density at radius 3 is 2.77 bits per heavy atom. The average molecular weight is 304 g/mol. The average Bonchev–Trinajstić information content (AvgIpc) is 2.93. The molecule has 1 aliphatic rings. The number of rotatable bonds is 5. The Balaban J connectivity index is 1.92. The normalized spacial score (nSPS) is 18.5. The zero-order chi connectivity index (χ0) is 16.2. The second-order valence-corrected chi connectivity index (χ2v) is 7.09. The van der Waals surface area contributed by atoms with Gasteiger partial charge >= 0.3 is 0 Å². The monoisotopic (exact) mass is 304 g/mol. The predicted molar refractivity (Wildman–Crippen MR) is 89.3 cm³/mol. The molecule has 2 rings (SSSR count). The van der Waals surface area contributed by atoms with Crippen LogP contribution in [0, 0.1) is 5.92 Å². The van der Waals surface area contributed by atoms with Crippen molar-refractivity contribution in [1.82, 2.24) is 10.2 Å². The number of amides is 1. The Labute approximate surface area is 133 Å². The number of nitrogens with zero attached hydrogens (tertiary/aromatic N) is 1. The molecule has 0 radical (unpaired) electrons. The third-order valence-electron chi connectivity index (χ3n) is 4.18. The molecule has 1 amide bonds. The Bertz CT molecular complexity index is 508. The number of hydrogen-bond acceptors (Lipinski definition) is 3. The van der Waals surface area contributed by atoms with Crippen LogP contribution in [0.2, 0.25) is 0 Å². The fourth-order valence-electron chi connectivity index (χ4n) is 2.96. The van der Waals surface area contributed by atoms with Gasteiger partial charge in [0.25, 0.3) is 5.91 Å². The minimum Gasteiger partial charge on any atom is -0.483 e. The van der Waals surface area contributed by atoms with Gasteiger partial charge in [-0.15, -0.1) is 0 Å². The number of carbonyl (C=O) groups is 1. The van der Waals surface area contributed by atoms with Crippen LogP contribution in [0.4, 0.5) is 0 Å². The Morgan fingerprint density at radius 1 is 1.36 bits per heavy atom. The lowest BCUT2D eigenvalue weighted by Crippen LogP contribution is -2.34. The lowest BCUT2D eigenvalue weighted by Gasteiger charge is -2.23. The van der Waals surface area contributed by atoms with E-state index in [1.54, 1.807) is 0 Å². The predicted octanol–water partition coefficient (Wildman–Crippen LogP) is 2.43. The standard InChI is InChI=1S/C18H28N2O2/c1-18(2,3)15-7-5-6-8-16(15)22-13-17(21)20-10-9-14(12-20)11-19-4/h5-8,14,19H,9-13H2,1-4H3. The molecule has 1 atom stereocenters. The van der Waals surface area contributed by atoms with Crippen LogP contribution in [0.15, 0.2) is 24.3 Å². The van der Waals surface area contributed by atoms with Crippen LogP contribution in [0.1, 0.15) is 32.8 Å². The van der Waals surface area contributed by atoms with E-state index in [0.717, 1.165) is 37.4 Å². The molecule has 1 aromatic rings. The molecule has 1 fully saturated rings. The molecule has 1 unspecified atom stereocenters. The van der Waals surface area contributed by atoms with E-state index in [2.05, 4.69) is 32.2 Å². The van der Waals surface area contributed by atoms with Crippen LogP contribution in [-0.2, 0) is 10.2 Å². The van der Waals surface area contributed by atoms with Crippen LogP contribution >= 0.6 is 0 Å². The first-order valence-electron chi connectivity index (χ1n) is 8.06. The Morgan fingerprint density at radius 2 is 2.09 bits per heavy atom. The molecule has 1 aromatic carbocycles. The van der Waals surface area contributed by atoms with Gasteiger partial charge in [0, 0.05) is 13.1 Å². The molecule has 22 heavy (non-hydrogen) atoms. The maximum absolute atomic E-state index is 12.3. The third-order valence-corrected chi connectivity index (χ3v) is 4.18. The van der Waals surface area contributed by atoms with E-state index in [1.165, 1.54) is 0 Å². The summed E-state index contributed by atoms with van der Waals surface area (Å²) in [6.45, 7) is 9.23. The summed E-state index contributed by atoms with van der Waals surface area (Å²) in [4.78, 5) is 14.2. The van der Waals surface area contributed by atoms with Gasteiger partial charge in [0.15, 0.2) is 6.61 Å². The first kappa shape index (κ1) is 16.8. The number of hydrogen-bond donors (Lipinski definition) is 1. The van der Waals surface area contributed by atoms with Crippen molar-refractivity contribution in [3.63, 3.8) is 0 Å². The number of nitrogens with one attached hydrogen (secondary N) is 1. The topological polar surface area (TPSA) is 41.6 Å². The van der Waals surface area contributed by atoms with Crippen molar-refractivity contribution in [2.24, 2.45) is 5.92 Å². The van der Waals surface area contributed by atoms with E-state index in [1.807, 2.05) is 30.1 Å². The van der Waals surface area contributed by atoms with Gasteiger partial charge in [0.05, 0.1) is 0 Å². The van der Waals surface area contributed by atoms with Gasteiger partial charge in [0.2, 0.25) is 0 Å². The van der Waals surface area contributed by atoms with E-state index >= 15 is 0 Å². The molecule has 0 aliphatic carbocycles. The first-order valence-corrected chi connectivity index (χ1v) is 8.06. The molecular weight excluding hydrogens is 276 g/mol. The zero-order valence-electron chi connectivity index (χ0n) is 14.2. The first-order chi connectivity index (χ1) is 10.4. The largest absolute Gasteiger partial charge is 0.483 e. The molecule has 4 nitrogen and oxygen atoms in total. The van der Waals surface area contributed by atoms with Crippen molar-refractivity contribution in [2.45, 2.75) is 32.6 Å². The number of likely N-dealkylation sites (tertiary alicyclic amines) is 1. The molecule has 1 saturated heterocycles. The molecule has 1 heterocycles. The molecule has 0 bridgehead atoms. The summed E-state index contributed by atoms with van der Waals surface area (Å²) in [7, 11) is 1.96. The van der Waals surface area contributed by atoms with Crippen LogP contribution in [0.5, 0.6) is 5.75 Å². The van der Waals surface area contributed by atoms with Gasteiger partial charge < -0.3 is 15.0 Å². The molecular formula is C18H28N2O2. The van der Waals surface area contributed by atoms with E-state index in [-0.39, 0.29) is 17.9 Å². The van der Waals surface area contributed by atoms with Crippen molar-refractivity contribution in [1.29, 1.82) is 0 Å². The van der Waals surface area contributed by atoms with Gasteiger partial charge in [-0.25, -0.2) is 0 Å². The summed E-state index contributed by atoms with van der Waals surface area (Å²) < 4.78 is 5.83. The quantitative estimate of drug-likeness (QED) is 0.908. The maximum atomic E-state index is 12.3. The van der Waals surface area contributed by atoms with Gasteiger partial charge in [-0.05, 0) is 43.0 Å². The second-order valence-electron chi connectivity index (χ2n) is 7.09. The highest BCUT2D eigenvalue weighted by Crippen LogP contribution is 2.31. The van der Waals surface area contributed by atoms with Gasteiger partial charge in [-0.1, -0.05) is 39.0 Å². The minimum absolute atomic E-state index is 0.00513. The van der Waals surface area contributed by atoms with Gasteiger partial charge in [-0.3, -0.25) is 4.79 Å². The highest BCUT2D eigenvalue weighted by molar-refractivity contribution is 5.78. The molecule has 1 N–H and O–H groups in total. The Hall–Kier alpha value is -1.55. The summed E-state index contributed by atoms with van der Waals surface area (Å²) in [5.74, 6) is 1.47. The molecule has 1 aliphatic heterocycles. The lowest BCUT2D eigenvalue weighted by molar-refractivity contribution is -0.132. The van der Waals surface area contributed by atoms with Crippen LogP contribution < -0.4 is 10.1 Å². The fraction of sp³-hybridized carbons (Fsp3) is 0.611. The number of carbonyl (C=O) groups excluding carboxylic acids is 1. The zero-order valence-corrected chi connectivity index (χ0v) is 14.2. The third kappa shape index (κ3) is 4.23. The molecule has 0 aromatic heterocycles. The van der Waals surface area contributed by atoms with Crippen LogP contribution in [-0.4, -0.2) is 44.1 Å². The fourth-order valence-corrected chi connectivity index (χ4v) is 2.96.